The van der Waals surface area contributed by atoms with Gasteiger partial charge in [-0.25, -0.2) is 0 Å². The number of hydrogen-bond acceptors (Lipinski definition) is 4. The summed E-state index contributed by atoms with van der Waals surface area (Å²) in [4.78, 5) is 10.9. The second-order valence-electron chi connectivity index (χ2n) is 6.59. The van der Waals surface area contributed by atoms with Crippen molar-refractivity contribution in [2.45, 2.75) is 27.7 Å². The van der Waals surface area contributed by atoms with Gasteiger partial charge in [0.1, 0.15) is 11.4 Å². The summed E-state index contributed by atoms with van der Waals surface area (Å²) in [6, 6.07) is 5.31. The van der Waals surface area contributed by atoms with Crippen molar-refractivity contribution in [1.29, 1.82) is 0 Å². The zero-order valence-electron chi connectivity index (χ0n) is 12.8. The van der Waals surface area contributed by atoms with E-state index in [2.05, 4.69) is 38.3 Å². The van der Waals surface area contributed by atoms with Gasteiger partial charge >= 0.3 is 5.69 Å². The third-order valence-corrected chi connectivity index (χ3v) is 5.30. The molecule has 0 saturated heterocycles. The lowest BCUT2D eigenvalue weighted by Crippen LogP contribution is -2.10. The van der Waals surface area contributed by atoms with Crippen LogP contribution in [0.5, 0.6) is 0 Å². The van der Waals surface area contributed by atoms with E-state index in [0.29, 0.717) is 17.3 Å². The zero-order valence-corrected chi connectivity index (χ0v) is 12.8. The lowest BCUT2D eigenvalue weighted by atomic mass is 10.0. The number of rotatable bonds is 5. The molecule has 1 fully saturated rings. The molecule has 110 valence electrons. The Kier molecular flexibility index (Phi) is 3.40. The molecule has 0 spiro atoms. The lowest BCUT2D eigenvalue weighted by Gasteiger charge is -2.10. The fraction of sp³-hybridized carbons (Fsp3) is 0.600. The van der Waals surface area contributed by atoms with Crippen molar-refractivity contribution >= 4 is 17.1 Å². The molecule has 0 radical (unpaired) electrons. The average molecular weight is 277 g/mol. The first kappa shape index (κ1) is 14.6. The highest BCUT2D eigenvalue weighted by atomic mass is 16.6. The number of para-hydroxylation sites is 1. The van der Waals surface area contributed by atoms with E-state index < -0.39 is 0 Å². The molecule has 2 rings (SSSR count). The summed E-state index contributed by atoms with van der Waals surface area (Å²) in [7, 11) is 1.69. The van der Waals surface area contributed by atoms with Crippen molar-refractivity contribution < 1.29 is 4.92 Å². The summed E-state index contributed by atoms with van der Waals surface area (Å²) >= 11 is 0. The van der Waals surface area contributed by atoms with E-state index in [-0.39, 0.29) is 21.4 Å². The minimum Gasteiger partial charge on any atom is -0.382 e. The van der Waals surface area contributed by atoms with Gasteiger partial charge in [-0.15, -0.1) is 0 Å². The van der Waals surface area contributed by atoms with Crippen LogP contribution in [0.3, 0.4) is 0 Å². The Hall–Kier alpha value is -1.78. The van der Waals surface area contributed by atoms with Gasteiger partial charge in [0.2, 0.25) is 0 Å². The third-order valence-electron chi connectivity index (χ3n) is 5.30. The maximum Gasteiger partial charge on any atom is 0.315 e. The number of nitro benzene ring substituents is 1. The van der Waals surface area contributed by atoms with Crippen LogP contribution < -0.4 is 10.6 Å². The smallest absolute Gasteiger partial charge is 0.315 e. The summed E-state index contributed by atoms with van der Waals surface area (Å²) in [5, 5.41) is 17.4. The standard InChI is InChI=1S/C15H23N3O2/c1-14(2)12(15(14,3)4)9-17-11-8-6-7-10(16-5)13(11)18(19)20/h6-8,12,16-17H,9H2,1-5H3. The second-order valence-corrected chi connectivity index (χ2v) is 6.59. The van der Waals surface area contributed by atoms with E-state index in [4.69, 9.17) is 0 Å². The van der Waals surface area contributed by atoms with Gasteiger partial charge in [-0.05, 0) is 28.9 Å². The molecule has 0 heterocycles. The number of nitrogens with zero attached hydrogens (tertiary/aromatic N) is 1. The van der Waals surface area contributed by atoms with Gasteiger partial charge in [-0.2, -0.15) is 0 Å². The molecule has 5 heteroatoms. The minimum absolute atomic E-state index is 0.117. The van der Waals surface area contributed by atoms with Crippen LogP contribution in [0.1, 0.15) is 27.7 Å². The number of nitro groups is 1. The molecular formula is C15H23N3O2. The van der Waals surface area contributed by atoms with Crippen molar-refractivity contribution in [2.75, 3.05) is 24.2 Å². The maximum absolute atomic E-state index is 11.2. The Morgan fingerprint density at radius 3 is 2.20 bits per heavy atom. The predicted molar refractivity (Wildman–Crippen MR) is 82.2 cm³/mol. The molecule has 1 aromatic rings. The fourth-order valence-electron chi connectivity index (χ4n) is 3.14. The second kappa shape index (κ2) is 4.65. The molecule has 2 N–H and O–H groups in total. The summed E-state index contributed by atoms with van der Waals surface area (Å²) in [5.74, 6) is 0.521. The molecule has 1 saturated carbocycles. The molecule has 1 aromatic carbocycles. The monoisotopic (exact) mass is 277 g/mol. The Balaban J connectivity index is 2.17. The zero-order chi connectivity index (χ0) is 15.1. The van der Waals surface area contributed by atoms with E-state index >= 15 is 0 Å². The van der Waals surface area contributed by atoms with Gasteiger partial charge in [0.25, 0.3) is 0 Å². The fourth-order valence-corrected chi connectivity index (χ4v) is 3.14. The van der Waals surface area contributed by atoms with Crippen molar-refractivity contribution in [3.8, 4) is 0 Å². The highest BCUT2D eigenvalue weighted by molar-refractivity contribution is 5.76. The highest BCUT2D eigenvalue weighted by Gasteiger charge is 2.64. The molecule has 20 heavy (non-hydrogen) atoms. The molecule has 1 aliphatic carbocycles. The summed E-state index contributed by atoms with van der Waals surface area (Å²) in [6.07, 6.45) is 0. The summed E-state index contributed by atoms with van der Waals surface area (Å²) < 4.78 is 0. The number of hydrogen-bond donors (Lipinski definition) is 2. The van der Waals surface area contributed by atoms with Crippen molar-refractivity contribution in [3.05, 3.63) is 28.3 Å². The number of nitrogens with one attached hydrogen (secondary N) is 2. The first-order chi connectivity index (χ1) is 9.23. The van der Waals surface area contributed by atoms with Crippen LogP contribution in [0.15, 0.2) is 18.2 Å². The van der Waals surface area contributed by atoms with Crippen molar-refractivity contribution in [2.24, 2.45) is 16.7 Å². The maximum atomic E-state index is 11.2. The molecule has 0 aliphatic heterocycles. The first-order valence-corrected chi connectivity index (χ1v) is 6.92. The van der Waals surface area contributed by atoms with E-state index in [0.717, 1.165) is 6.54 Å². The largest absolute Gasteiger partial charge is 0.382 e. The van der Waals surface area contributed by atoms with Gasteiger partial charge in [0.05, 0.1) is 4.92 Å². The quantitative estimate of drug-likeness (QED) is 0.635. The molecule has 0 bridgehead atoms. The van der Waals surface area contributed by atoms with Crippen LogP contribution in [0.2, 0.25) is 0 Å². The molecule has 5 nitrogen and oxygen atoms in total. The van der Waals surface area contributed by atoms with Crippen molar-refractivity contribution in [1.82, 2.24) is 0 Å². The van der Waals surface area contributed by atoms with E-state index in [1.54, 1.807) is 19.2 Å². The van der Waals surface area contributed by atoms with Crippen LogP contribution in [-0.2, 0) is 0 Å². The van der Waals surface area contributed by atoms with E-state index in [9.17, 15) is 10.1 Å². The predicted octanol–water partition coefficient (Wildman–Crippen LogP) is 3.73. The van der Waals surface area contributed by atoms with Gasteiger partial charge < -0.3 is 10.6 Å². The molecule has 0 amide bonds. The first-order valence-electron chi connectivity index (χ1n) is 6.92. The van der Waals surface area contributed by atoms with Gasteiger partial charge in [0.15, 0.2) is 0 Å². The topological polar surface area (TPSA) is 67.2 Å². The number of benzene rings is 1. The van der Waals surface area contributed by atoms with Crippen LogP contribution in [0, 0.1) is 26.9 Å². The molecule has 0 aromatic heterocycles. The molecular weight excluding hydrogens is 254 g/mol. The van der Waals surface area contributed by atoms with Gasteiger partial charge in [0, 0.05) is 13.6 Å². The van der Waals surface area contributed by atoms with Crippen LogP contribution in [-0.4, -0.2) is 18.5 Å². The number of anilines is 2. The van der Waals surface area contributed by atoms with E-state index in [1.165, 1.54) is 0 Å². The van der Waals surface area contributed by atoms with Crippen molar-refractivity contribution in [3.63, 3.8) is 0 Å². The Labute approximate surface area is 119 Å². The van der Waals surface area contributed by atoms with Gasteiger partial charge in [-0.1, -0.05) is 33.8 Å². The SMILES string of the molecule is CNc1cccc(NCC2C(C)(C)C2(C)C)c1[N+](=O)[O-]. The normalized spacial score (nSPS) is 19.4. The van der Waals surface area contributed by atoms with Crippen LogP contribution in [0.25, 0.3) is 0 Å². The summed E-state index contributed by atoms with van der Waals surface area (Å²) in [6.45, 7) is 9.75. The Morgan fingerprint density at radius 1 is 1.20 bits per heavy atom. The van der Waals surface area contributed by atoms with E-state index in [1.807, 2.05) is 6.07 Å². The Morgan fingerprint density at radius 2 is 1.75 bits per heavy atom. The van der Waals surface area contributed by atoms with Crippen LogP contribution >= 0.6 is 0 Å². The summed E-state index contributed by atoms with van der Waals surface area (Å²) in [5.41, 5.74) is 1.78. The van der Waals surface area contributed by atoms with Crippen LogP contribution in [0.4, 0.5) is 17.1 Å². The average Bonchev–Trinajstić information content (AvgIpc) is 2.76. The molecule has 0 atom stereocenters. The highest BCUT2D eigenvalue weighted by Crippen LogP contribution is 2.68. The molecule has 1 aliphatic rings. The third kappa shape index (κ3) is 2.11. The van der Waals surface area contributed by atoms with Gasteiger partial charge in [-0.3, -0.25) is 10.1 Å². The minimum atomic E-state index is -0.336. The Bertz CT molecular complexity index is 524. The molecule has 0 unspecified atom stereocenters. The lowest BCUT2D eigenvalue weighted by molar-refractivity contribution is -0.383.